The van der Waals surface area contributed by atoms with Gasteiger partial charge < -0.3 is 15.2 Å². The van der Waals surface area contributed by atoms with Gasteiger partial charge in [-0.3, -0.25) is 4.79 Å². The van der Waals surface area contributed by atoms with Gasteiger partial charge in [0.25, 0.3) is 0 Å². The lowest BCUT2D eigenvalue weighted by Gasteiger charge is -2.37. The topological polar surface area (TPSA) is 64.2 Å². The molecule has 0 radical (unpaired) electrons. The molecule has 1 aliphatic heterocycles. The lowest BCUT2D eigenvalue weighted by Crippen LogP contribution is -2.37. The minimum absolute atomic E-state index is 0.00000798. The third kappa shape index (κ3) is 3.41. The van der Waals surface area contributed by atoms with Crippen molar-refractivity contribution < 1.29 is 4.79 Å². The van der Waals surface area contributed by atoms with Crippen molar-refractivity contribution in [1.29, 1.82) is 0 Å². The van der Waals surface area contributed by atoms with E-state index >= 15 is 0 Å². The van der Waals surface area contributed by atoms with Crippen LogP contribution in [0.15, 0.2) is 104 Å². The summed E-state index contributed by atoms with van der Waals surface area (Å²) >= 11 is 0. The van der Waals surface area contributed by atoms with Crippen molar-refractivity contribution >= 4 is 5.91 Å². The Hall–Kier alpha value is -3.70. The minimum atomic E-state index is -0.597. The third-order valence-electron chi connectivity index (χ3n) is 6.29. The van der Waals surface area contributed by atoms with Crippen LogP contribution < -0.4 is 5.73 Å². The maximum Gasteiger partial charge on any atom is 0.239 e. The number of amides is 1. The van der Waals surface area contributed by atoms with Crippen LogP contribution in [0.25, 0.3) is 0 Å². The van der Waals surface area contributed by atoms with E-state index in [1.807, 2.05) is 24.5 Å². The number of nitrogens with zero attached hydrogens (tertiary/aromatic N) is 3. The van der Waals surface area contributed by atoms with Gasteiger partial charge in [-0.2, -0.15) is 0 Å². The number of hydrogen-bond acceptors (Lipinski definition) is 3. The minimum Gasteiger partial charge on any atom is -0.335 e. The fourth-order valence-corrected chi connectivity index (χ4v) is 4.73. The van der Waals surface area contributed by atoms with Gasteiger partial charge in [-0.15, -0.1) is 0 Å². The Morgan fingerprint density at radius 2 is 1.34 bits per heavy atom. The Balaban J connectivity index is 1.67. The first-order valence-corrected chi connectivity index (χ1v) is 10.9. The molecule has 5 nitrogen and oxygen atoms in total. The van der Waals surface area contributed by atoms with Crippen molar-refractivity contribution in [2.45, 2.75) is 24.5 Å². The zero-order valence-electron chi connectivity index (χ0n) is 17.8. The van der Waals surface area contributed by atoms with Crippen molar-refractivity contribution in [2.75, 3.05) is 6.54 Å². The molecule has 1 unspecified atom stereocenters. The Morgan fingerprint density at radius 3 is 1.78 bits per heavy atom. The molecule has 2 heterocycles. The zero-order chi connectivity index (χ0) is 22.0. The first-order chi connectivity index (χ1) is 15.7. The molecule has 1 aliphatic rings. The lowest BCUT2D eigenvalue weighted by molar-refractivity contribution is -0.129. The van der Waals surface area contributed by atoms with Crippen LogP contribution in [0.5, 0.6) is 0 Å². The van der Waals surface area contributed by atoms with Crippen molar-refractivity contribution in [3.63, 3.8) is 0 Å². The predicted molar refractivity (Wildman–Crippen MR) is 125 cm³/mol. The van der Waals surface area contributed by atoms with E-state index in [4.69, 9.17) is 10.7 Å². The van der Waals surface area contributed by atoms with Gasteiger partial charge in [0.1, 0.15) is 5.54 Å². The van der Waals surface area contributed by atoms with E-state index in [2.05, 4.69) is 83.6 Å². The van der Waals surface area contributed by atoms with Crippen LogP contribution in [0.4, 0.5) is 0 Å². The smallest absolute Gasteiger partial charge is 0.239 e. The number of likely N-dealkylation sites (tertiary alicyclic amines) is 1. The van der Waals surface area contributed by atoms with E-state index in [-0.39, 0.29) is 5.91 Å². The number of carbonyl (C=O) groups excluding carboxylic acids is 1. The van der Waals surface area contributed by atoms with Crippen LogP contribution in [-0.4, -0.2) is 32.9 Å². The van der Waals surface area contributed by atoms with Gasteiger partial charge in [-0.05, 0) is 23.1 Å². The molecule has 1 amide bonds. The Morgan fingerprint density at radius 1 is 0.844 bits per heavy atom. The highest BCUT2D eigenvalue weighted by Gasteiger charge is 2.38. The monoisotopic (exact) mass is 422 g/mol. The molecular formula is C27H26N4O. The van der Waals surface area contributed by atoms with E-state index < -0.39 is 11.6 Å². The third-order valence-corrected chi connectivity index (χ3v) is 6.29. The maximum atomic E-state index is 12.3. The molecule has 0 spiro atoms. The number of rotatable bonds is 6. The van der Waals surface area contributed by atoms with Crippen LogP contribution in [0.1, 0.15) is 28.8 Å². The van der Waals surface area contributed by atoms with Crippen LogP contribution >= 0.6 is 0 Å². The number of hydrogen-bond donors (Lipinski definition) is 1. The molecule has 1 fully saturated rings. The van der Waals surface area contributed by atoms with E-state index in [0.29, 0.717) is 19.5 Å². The molecule has 0 saturated carbocycles. The van der Waals surface area contributed by atoms with Gasteiger partial charge in [0, 0.05) is 12.7 Å². The van der Waals surface area contributed by atoms with E-state index in [1.165, 1.54) is 0 Å². The Labute approximate surface area is 188 Å². The SMILES string of the molecule is NC1CCN(Cc2cn(C(c3ccccc3)(c3ccccc3)c3ccccc3)cn2)C1=O. The Bertz CT molecular complexity index is 1090. The second kappa shape index (κ2) is 8.44. The van der Waals surface area contributed by atoms with Gasteiger partial charge >= 0.3 is 0 Å². The molecular weight excluding hydrogens is 396 g/mol. The van der Waals surface area contributed by atoms with Crippen LogP contribution in [0.3, 0.4) is 0 Å². The van der Waals surface area contributed by atoms with Crippen molar-refractivity contribution in [3.05, 3.63) is 126 Å². The Kier molecular flexibility index (Phi) is 5.33. The number of nitrogens with two attached hydrogens (primary N) is 1. The number of aromatic nitrogens is 2. The van der Waals surface area contributed by atoms with Crippen LogP contribution in [-0.2, 0) is 16.9 Å². The maximum absolute atomic E-state index is 12.3. The predicted octanol–water partition coefficient (Wildman–Crippen LogP) is 3.78. The molecule has 1 atom stereocenters. The summed E-state index contributed by atoms with van der Waals surface area (Å²) < 4.78 is 2.17. The molecule has 1 saturated heterocycles. The first-order valence-electron chi connectivity index (χ1n) is 10.9. The van der Waals surface area contributed by atoms with Gasteiger partial charge in [0.05, 0.1) is 24.6 Å². The quantitative estimate of drug-likeness (QED) is 0.481. The van der Waals surface area contributed by atoms with Crippen molar-refractivity contribution in [2.24, 2.45) is 5.73 Å². The second-order valence-electron chi connectivity index (χ2n) is 8.24. The summed E-state index contributed by atoms with van der Waals surface area (Å²) in [5, 5.41) is 0. The fourth-order valence-electron chi connectivity index (χ4n) is 4.73. The van der Waals surface area contributed by atoms with Gasteiger partial charge in [0.2, 0.25) is 5.91 Å². The fraction of sp³-hybridized carbons (Fsp3) is 0.185. The molecule has 5 heteroatoms. The van der Waals surface area contributed by atoms with E-state index in [9.17, 15) is 4.79 Å². The van der Waals surface area contributed by atoms with E-state index in [1.54, 1.807) is 4.90 Å². The number of carbonyl (C=O) groups is 1. The van der Waals surface area contributed by atoms with Crippen LogP contribution in [0, 0.1) is 0 Å². The molecule has 0 aliphatic carbocycles. The summed E-state index contributed by atoms with van der Waals surface area (Å²) in [7, 11) is 0. The molecule has 2 N–H and O–H groups in total. The van der Waals surface area contributed by atoms with Crippen molar-refractivity contribution in [1.82, 2.24) is 14.5 Å². The second-order valence-corrected chi connectivity index (χ2v) is 8.24. The van der Waals surface area contributed by atoms with E-state index in [0.717, 1.165) is 22.4 Å². The van der Waals surface area contributed by atoms with Crippen molar-refractivity contribution in [3.8, 4) is 0 Å². The molecule has 4 aromatic rings. The summed E-state index contributed by atoms with van der Waals surface area (Å²) in [6.45, 7) is 1.14. The number of imidazole rings is 1. The molecule has 160 valence electrons. The molecule has 3 aromatic carbocycles. The number of benzene rings is 3. The highest BCUT2D eigenvalue weighted by atomic mass is 16.2. The summed E-state index contributed by atoms with van der Waals surface area (Å²) in [4.78, 5) is 18.9. The standard InChI is InChI=1S/C27H26N4O/c28-25-16-17-30(26(25)32)18-24-19-31(20-29-24)27(21-10-4-1-5-11-21,22-12-6-2-7-13-22)23-14-8-3-9-15-23/h1-15,19-20,25H,16-18,28H2. The average molecular weight is 423 g/mol. The molecule has 32 heavy (non-hydrogen) atoms. The largest absolute Gasteiger partial charge is 0.335 e. The van der Waals surface area contributed by atoms with Gasteiger partial charge in [-0.1, -0.05) is 91.0 Å². The summed E-state index contributed by atoms with van der Waals surface area (Å²) in [5.74, 6) is -0.00000798. The summed E-state index contributed by atoms with van der Waals surface area (Å²) in [6, 6.07) is 31.0. The highest BCUT2D eigenvalue weighted by molar-refractivity contribution is 5.83. The summed E-state index contributed by atoms with van der Waals surface area (Å²) in [5.41, 5.74) is 9.58. The van der Waals surface area contributed by atoms with Gasteiger partial charge in [0.15, 0.2) is 0 Å². The zero-order valence-corrected chi connectivity index (χ0v) is 17.8. The normalized spacial score (nSPS) is 16.5. The molecule has 5 rings (SSSR count). The molecule has 1 aromatic heterocycles. The van der Waals surface area contributed by atoms with Crippen LogP contribution in [0.2, 0.25) is 0 Å². The summed E-state index contributed by atoms with van der Waals surface area (Å²) in [6.07, 6.45) is 4.63. The lowest BCUT2D eigenvalue weighted by atomic mass is 9.77. The highest BCUT2D eigenvalue weighted by Crippen LogP contribution is 2.40. The average Bonchev–Trinajstić information content (AvgIpc) is 3.44. The first kappa shape index (κ1) is 20.2. The van der Waals surface area contributed by atoms with Gasteiger partial charge in [-0.25, -0.2) is 4.98 Å². The molecule has 0 bridgehead atoms.